The van der Waals surface area contributed by atoms with Crippen LogP contribution in [0.1, 0.15) is 17.2 Å². The second-order valence-corrected chi connectivity index (χ2v) is 6.75. The molecule has 1 fully saturated rings. The van der Waals surface area contributed by atoms with E-state index in [2.05, 4.69) is 5.32 Å². The summed E-state index contributed by atoms with van der Waals surface area (Å²) in [7, 11) is 2.84. The second-order valence-electron chi connectivity index (χ2n) is 6.75. The third kappa shape index (κ3) is 5.71. The molecule has 0 radical (unpaired) electrons. The zero-order chi connectivity index (χ0) is 20.9. The first-order valence-corrected chi connectivity index (χ1v) is 9.38. The topological polar surface area (TPSA) is 43.0 Å². The van der Waals surface area contributed by atoms with Crippen LogP contribution in [0.3, 0.4) is 0 Å². The second kappa shape index (κ2) is 10.7. The minimum absolute atomic E-state index is 0. The lowest BCUT2D eigenvalue weighted by molar-refractivity contribution is -0.188. The molecule has 0 saturated carbocycles. The maximum atomic E-state index is 14.2. The molecule has 30 heavy (non-hydrogen) atoms. The first kappa shape index (κ1) is 24.1. The van der Waals surface area contributed by atoms with Crippen LogP contribution in [0.15, 0.2) is 42.5 Å². The van der Waals surface area contributed by atoms with Gasteiger partial charge in [0.15, 0.2) is 11.5 Å². The number of rotatable bonds is 7. The molecule has 0 aliphatic carbocycles. The van der Waals surface area contributed by atoms with E-state index in [1.165, 1.54) is 31.3 Å². The Bertz CT molecular complexity index is 800. The number of piperazine rings is 1. The fraction of sp³-hybridized carbons (Fsp3) is 0.429. The average molecular weight is 447 g/mol. The van der Waals surface area contributed by atoms with Gasteiger partial charge in [-0.3, -0.25) is 4.90 Å². The van der Waals surface area contributed by atoms with Crippen molar-refractivity contribution < 1.29 is 27.4 Å². The Kier molecular flexibility index (Phi) is 8.64. The standard InChI is InChI=1S/C21H25F3N2O3.ClH/c1-27-18-12-16(20(21(22,23)24)26-10-8-25-9-11-26)17(13-19(18)28-2)29-14-15-6-4-3-5-7-15;/h3-7,12-13,20,25H,8-11,14H2,1-2H3;1H/t20-;/m1./s1. The van der Waals surface area contributed by atoms with Crippen molar-refractivity contribution in [3.8, 4) is 17.2 Å². The summed E-state index contributed by atoms with van der Waals surface area (Å²) in [6.07, 6.45) is -4.47. The minimum Gasteiger partial charge on any atom is -0.493 e. The zero-order valence-corrected chi connectivity index (χ0v) is 17.7. The third-order valence-corrected chi connectivity index (χ3v) is 4.87. The van der Waals surface area contributed by atoms with Crippen molar-refractivity contribution in [3.05, 3.63) is 53.6 Å². The first-order chi connectivity index (χ1) is 13.9. The quantitative estimate of drug-likeness (QED) is 0.690. The highest BCUT2D eigenvalue weighted by molar-refractivity contribution is 5.85. The normalized spacial score (nSPS) is 15.8. The lowest BCUT2D eigenvalue weighted by atomic mass is 10.0. The van der Waals surface area contributed by atoms with Gasteiger partial charge in [-0.2, -0.15) is 13.2 Å². The van der Waals surface area contributed by atoms with Crippen molar-refractivity contribution in [2.24, 2.45) is 0 Å². The molecule has 9 heteroatoms. The number of hydrogen-bond donors (Lipinski definition) is 1. The third-order valence-electron chi connectivity index (χ3n) is 4.87. The van der Waals surface area contributed by atoms with E-state index in [-0.39, 0.29) is 49.2 Å². The summed E-state index contributed by atoms with van der Waals surface area (Å²) >= 11 is 0. The molecule has 1 heterocycles. The molecule has 0 unspecified atom stereocenters. The van der Waals surface area contributed by atoms with E-state index in [9.17, 15) is 13.2 Å². The van der Waals surface area contributed by atoms with Crippen LogP contribution in [0.25, 0.3) is 0 Å². The van der Waals surface area contributed by atoms with Gasteiger partial charge in [-0.25, -0.2) is 0 Å². The molecule has 5 nitrogen and oxygen atoms in total. The molecule has 0 aromatic heterocycles. The molecular formula is C21H26ClF3N2O3. The molecule has 166 valence electrons. The van der Waals surface area contributed by atoms with Crippen LogP contribution in [0.5, 0.6) is 17.2 Å². The van der Waals surface area contributed by atoms with Gasteiger partial charge < -0.3 is 19.5 Å². The van der Waals surface area contributed by atoms with Gasteiger partial charge in [0.2, 0.25) is 0 Å². The van der Waals surface area contributed by atoms with Crippen LogP contribution in [0.2, 0.25) is 0 Å². The van der Waals surface area contributed by atoms with E-state index >= 15 is 0 Å². The highest BCUT2D eigenvalue weighted by Gasteiger charge is 2.46. The molecule has 2 aromatic carbocycles. The molecule has 0 bridgehead atoms. The lowest BCUT2D eigenvalue weighted by Gasteiger charge is -2.37. The van der Waals surface area contributed by atoms with Crippen LogP contribution in [-0.4, -0.2) is 51.5 Å². The number of nitrogens with one attached hydrogen (secondary N) is 1. The molecule has 2 aromatic rings. The summed E-state index contributed by atoms with van der Waals surface area (Å²) in [5.74, 6) is 0.687. The summed E-state index contributed by atoms with van der Waals surface area (Å²) < 4.78 is 58.9. The molecule has 3 rings (SSSR count). The van der Waals surface area contributed by atoms with E-state index in [4.69, 9.17) is 14.2 Å². The Hall–Kier alpha value is -2.16. The van der Waals surface area contributed by atoms with Crippen molar-refractivity contribution in [3.63, 3.8) is 0 Å². The monoisotopic (exact) mass is 446 g/mol. The lowest BCUT2D eigenvalue weighted by Crippen LogP contribution is -2.49. The number of nitrogens with zero attached hydrogens (tertiary/aromatic N) is 1. The minimum atomic E-state index is -4.47. The van der Waals surface area contributed by atoms with Crippen molar-refractivity contribution in [1.82, 2.24) is 10.2 Å². The van der Waals surface area contributed by atoms with E-state index in [0.717, 1.165) is 5.56 Å². The number of benzene rings is 2. The van der Waals surface area contributed by atoms with Gasteiger partial charge in [0.1, 0.15) is 18.4 Å². The highest BCUT2D eigenvalue weighted by Crippen LogP contribution is 2.45. The van der Waals surface area contributed by atoms with Gasteiger partial charge in [0, 0.05) is 37.8 Å². The van der Waals surface area contributed by atoms with E-state index in [1.54, 1.807) is 0 Å². The summed E-state index contributed by atoms with van der Waals surface area (Å²) in [5.41, 5.74) is 0.881. The Morgan fingerprint density at radius 3 is 2.13 bits per heavy atom. The highest BCUT2D eigenvalue weighted by atomic mass is 35.5. The summed E-state index contributed by atoms with van der Waals surface area (Å²) in [4.78, 5) is 1.42. The number of ether oxygens (including phenoxy) is 3. The van der Waals surface area contributed by atoms with Gasteiger partial charge in [-0.15, -0.1) is 12.4 Å². The number of hydrogen-bond acceptors (Lipinski definition) is 5. The fourth-order valence-corrected chi connectivity index (χ4v) is 3.47. The van der Waals surface area contributed by atoms with Gasteiger partial charge >= 0.3 is 6.18 Å². The van der Waals surface area contributed by atoms with Crippen molar-refractivity contribution in [2.45, 2.75) is 18.8 Å². The first-order valence-electron chi connectivity index (χ1n) is 9.38. The van der Waals surface area contributed by atoms with Crippen LogP contribution in [-0.2, 0) is 6.61 Å². The van der Waals surface area contributed by atoms with E-state index in [1.807, 2.05) is 30.3 Å². The SMILES string of the molecule is COc1cc(OCc2ccccc2)c([C@@H](N2CCNCC2)C(F)(F)F)cc1OC.Cl. The average Bonchev–Trinajstić information content (AvgIpc) is 2.73. The Balaban J connectivity index is 0.00000320. The molecular weight excluding hydrogens is 421 g/mol. The van der Waals surface area contributed by atoms with Gasteiger partial charge in [-0.05, 0) is 11.6 Å². The molecule has 1 N–H and O–H groups in total. The number of alkyl halides is 3. The Morgan fingerprint density at radius 1 is 0.967 bits per heavy atom. The maximum absolute atomic E-state index is 14.2. The number of methoxy groups -OCH3 is 2. The van der Waals surface area contributed by atoms with Crippen LogP contribution < -0.4 is 19.5 Å². The molecule has 0 spiro atoms. The largest absolute Gasteiger partial charge is 0.493 e. The van der Waals surface area contributed by atoms with E-state index in [0.29, 0.717) is 18.8 Å². The molecule has 1 aliphatic heterocycles. The smallest absolute Gasteiger partial charge is 0.408 e. The van der Waals surface area contributed by atoms with Crippen LogP contribution in [0.4, 0.5) is 13.2 Å². The zero-order valence-electron chi connectivity index (χ0n) is 16.9. The van der Waals surface area contributed by atoms with Crippen LogP contribution in [0, 0.1) is 0 Å². The molecule has 1 aliphatic rings. The van der Waals surface area contributed by atoms with E-state index < -0.39 is 12.2 Å². The molecule has 1 saturated heterocycles. The summed E-state index contributed by atoms with van der Waals surface area (Å²) in [6, 6.07) is 10.3. The molecule has 1 atom stereocenters. The van der Waals surface area contributed by atoms with Crippen molar-refractivity contribution >= 4 is 12.4 Å². The van der Waals surface area contributed by atoms with Crippen molar-refractivity contribution in [2.75, 3.05) is 40.4 Å². The van der Waals surface area contributed by atoms with Crippen molar-refractivity contribution in [1.29, 1.82) is 0 Å². The van der Waals surface area contributed by atoms with Crippen LogP contribution >= 0.6 is 12.4 Å². The van der Waals surface area contributed by atoms with Gasteiger partial charge in [0.25, 0.3) is 0 Å². The fourth-order valence-electron chi connectivity index (χ4n) is 3.47. The predicted octanol–water partition coefficient (Wildman–Crippen LogP) is 4.21. The Labute approximate surface area is 180 Å². The maximum Gasteiger partial charge on any atom is 0.408 e. The predicted molar refractivity (Wildman–Crippen MR) is 111 cm³/mol. The Morgan fingerprint density at radius 2 is 1.57 bits per heavy atom. The molecule has 0 amide bonds. The van der Waals surface area contributed by atoms with Gasteiger partial charge in [0.05, 0.1) is 14.2 Å². The summed E-state index contributed by atoms with van der Waals surface area (Å²) in [5, 5.41) is 3.09. The summed E-state index contributed by atoms with van der Waals surface area (Å²) in [6.45, 7) is 1.73. The van der Waals surface area contributed by atoms with Gasteiger partial charge in [-0.1, -0.05) is 30.3 Å². The number of halogens is 4.